The van der Waals surface area contributed by atoms with Crippen molar-refractivity contribution >= 4 is 5.91 Å². The van der Waals surface area contributed by atoms with Crippen molar-refractivity contribution < 1.29 is 20.1 Å². The molecule has 456 valence electrons. The van der Waals surface area contributed by atoms with E-state index in [1.54, 1.807) is 6.08 Å². The lowest BCUT2D eigenvalue weighted by Gasteiger charge is -2.21. The molecule has 77 heavy (non-hydrogen) atoms. The van der Waals surface area contributed by atoms with Crippen LogP contribution in [0.1, 0.15) is 393 Å². The van der Waals surface area contributed by atoms with Gasteiger partial charge in [-0.25, -0.2) is 0 Å². The summed E-state index contributed by atoms with van der Waals surface area (Å²) in [7, 11) is 0. The molecule has 3 unspecified atom stereocenters. The molecule has 4 N–H and O–H groups in total. The third-order valence-electron chi connectivity index (χ3n) is 16.6. The second-order valence-electron chi connectivity index (χ2n) is 24.5. The molecule has 0 aromatic heterocycles. The van der Waals surface area contributed by atoms with Gasteiger partial charge in [0.15, 0.2) is 0 Å². The first-order valence-electron chi connectivity index (χ1n) is 35.3. The van der Waals surface area contributed by atoms with Gasteiger partial charge in [-0.2, -0.15) is 0 Å². The van der Waals surface area contributed by atoms with Crippen LogP contribution in [0.2, 0.25) is 0 Å². The van der Waals surface area contributed by atoms with E-state index in [0.717, 1.165) is 32.1 Å². The topological polar surface area (TPSA) is 89.8 Å². The monoisotopic (exact) mass is 1080 g/mol. The molecule has 0 rings (SSSR count). The Labute approximate surface area is 483 Å². The van der Waals surface area contributed by atoms with E-state index in [1.807, 2.05) is 6.08 Å². The number of unbranched alkanes of at least 4 members (excludes halogenated alkanes) is 53. The first-order valence-corrected chi connectivity index (χ1v) is 35.3. The minimum Gasteiger partial charge on any atom is -0.394 e. The van der Waals surface area contributed by atoms with Gasteiger partial charge in [-0.15, -0.1) is 0 Å². The van der Waals surface area contributed by atoms with Gasteiger partial charge in [0.2, 0.25) is 5.91 Å². The summed E-state index contributed by atoms with van der Waals surface area (Å²) in [5.74, 6) is -0.319. The van der Waals surface area contributed by atoms with E-state index in [2.05, 4.69) is 43.5 Å². The van der Waals surface area contributed by atoms with Gasteiger partial charge < -0.3 is 20.6 Å². The van der Waals surface area contributed by atoms with E-state index in [-0.39, 0.29) is 18.9 Å². The van der Waals surface area contributed by atoms with Crippen LogP contribution in [0.15, 0.2) is 36.5 Å². The van der Waals surface area contributed by atoms with Crippen molar-refractivity contribution in [2.24, 2.45) is 0 Å². The number of amides is 1. The fraction of sp³-hybridized carbons (Fsp3) is 0.903. The molecule has 0 aromatic carbocycles. The van der Waals surface area contributed by atoms with Gasteiger partial charge in [-0.3, -0.25) is 4.79 Å². The maximum atomic E-state index is 12.6. The van der Waals surface area contributed by atoms with Gasteiger partial charge in [-0.1, -0.05) is 365 Å². The standard InChI is InChI=1S/C72H139NO4/c1-3-5-7-9-11-13-15-17-19-21-23-25-27-29-30-31-32-33-34-35-36-37-38-39-40-42-43-45-47-49-51-53-55-57-59-61-63-65-69(75)67-72(77)73-70(68-74)71(76)66-64-62-60-58-56-54-52-50-48-46-44-41-28-26-24-22-20-18-16-14-12-10-8-6-4-2/h35-36,56,58,64,66,69-71,74-76H,3-34,37-55,57,59-63,65,67-68H2,1-2H3,(H,73,77)/b36-35-,58-56+,66-64+. The maximum absolute atomic E-state index is 12.6. The highest BCUT2D eigenvalue weighted by molar-refractivity contribution is 5.76. The van der Waals surface area contributed by atoms with Crippen molar-refractivity contribution in [1.82, 2.24) is 5.32 Å². The minimum absolute atomic E-state index is 0.00847. The van der Waals surface area contributed by atoms with Crippen LogP contribution in [-0.4, -0.2) is 46.1 Å². The van der Waals surface area contributed by atoms with E-state index < -0.39 is 18.2 Å². The fourth-order valence-corrected chi connectivity index (χ4v) is 11.3. The number of aliphatic hydroxyl groups is 3. The van der Waals surface area contributed by atoms with E-state index in [9.17, 15) is 20.1 Å². The predicted octanol–water partition coefficient (Wildman–Crippen LogP) is 22.9. The van der Waals surface area contributed by atoms with E-state index in [1.165, 1.54) is 334 Å². The molecule has 5 heteroatoms. The highest BCUT2D eigenvalue weighted by Gasteiger charge is 2.20. The molecule has 0 bridgehead atoms. The Morgan fingerprint density at radius 2 is 0.558 bits per heavy atom. The largest absolute Gasteiger partial charge is 0.394 e. The molecule has 0 heterocycles. The first-order chi connectivity index (χ1) is 38.0. The van der Waals surface area contributed by atoms with Crippen LogP contribution in [0.4, 0.5) is 0 Å². The molecule has 1 amide bonds. The fourth-order valence-electron chi connectivity index (χ4n) is 11.3. The number of carbonyl (C=O) groups excluding carboxylic acids is 1. The van der Waals surface area contributed by atoms with E-state index >= 15 is 0 Å². The molecular weight excluding hydrogens is 943 g/mol. The van der Waals surface area contributed by atoms with Gasteiger partial charge in [0.25, 0.3) is 0 Å². The van der Waals surface area contributed by atoms with Crippen molar-refractivity contribution in [2.45, 2.75) is 411 Å². The van der Waals surface area contributed by atoms with Crippen LogP contribution in [-0.2, 0) is 4.79 Å². The Morgan fingerprint density at radius 1 is 0.325 bits per heavy atom. The Hall–Kier alpha value is -1.43. The number of allylic oxidation sites excluding steroid dienone is 5. The minimum atomic E-state index is -0.953. The van der Waals surface area contributed by atoms with Crippen LogP contribution in [0.25, 0.3) is 0 Å². The first kappa shape index (κ1) is 75.6. The lowest BCUT2D eigenvalue weighted by molar-refractivity contribution is -0.124. The molecule has 0 aliphatic carbocycles. The molecule has 5 nitrogen and oxygen atoms in total. The zero-order valence-electron chi connectivity index (χ0n) is 52.4. The Bertz CT molecular complexity index is 1200. The second kappa shape index (κ2) is 67.1. The summed E-state index contributed by atoms with van der Waals surface area (Å²) in [6.45, 7) is 4.26. The lowest BCUT2D eigenvalue weighted by Crippen LogP contribution is -2.45. The molecule has 0 radical (unpaired) electrons. The molecule has 0 aliphatic heterocycles. The van der Waals surface area contributed by atoms with Crippen molar-refractivity contribution in [2.75, 3.05) is 6.61 Å². The summed E-state index contributed by atoms with van der Waals surface area (Å²) in [6.07, 6.45) is 89.8. The van der Waals surface area contributed by atoms with Crippen molar-refractivity contribution in [3.05, 3.63) is 36.5 Å². The molecule has 0 fully saturated rings. The summed E-state index contributed by atoms with van der Waals surface area (Å²) in [5.41, 5.74) is 0. The average molecular weight is 1080 g/mol. The third-order valence-corrected chi connectivity index (χ3v) is 16.6. The number of carbonyl (C=O) groups is 1. The summed E-state index contributed by atoms with van der Waals surface area (Å²) >= 11 is 0. The van der Waals surface area contributed by atoms with Crippen LogP contribution in [0.3, 0.4) is 0 Å². The third kappa shape index (κ3) is 63.6. The number of aliphatic hydroxyl groups excluding tert-OH is 3. The molecule has 0 aromatic rings. The highest BCUT2D eigenvalue weighted by Crippen LogP contribution is 2.19. The van der Waals surface area contributed by atoms with Crippen LogP contribution in [0.5, 0.6) is 0 Å². The quantitative estimate of drug-likeness (QED) is 0.0361. The molecule has 0 aliphatic rings. The van der Waals surface area contributed by atoms with Crippen molar-refractivity contribution in [1.29, 1.82) is 0 Å². The molecule has 3 atom stereocenters. The van der Waals surface area contributed by atoms with E-state index in [4.69, 9.17) is 0 Å². The van der Waals surface area contributed by atoms with Crippen LogP contribution >= 0.6 is 0 Å². The number of hydrogen-bond acceptors (Lipinski definition) is 4. The summed E-state index contributed by atoms with van der Waals surface area (Å²) in [5, 5.41) is 33.6. The number of nitrogens with one attached hydrogen (secondary N) is 1. The van der Waals surface area contributed by atoms with E-state index in [0.29, 0.717) is 6.42 Å². The highest BCUT2D eigenvalue weighted by atomic mass is 16.3. The zero-order valence-corrected chi connectivity index (χ0v) is 52.4. The predicted molar refractivity (Wildman–Crippen MR) is 342 cm³/mol. The molecule has 0 spiro atoms. The number of rotatable bonds is 66. The smallest absolute Gasteiger partial charge is 0.222 e. The maximum Gasteiger partial charge on any atom is 0.222 e. The molecule has 0 saturated heterocycles. The summed E-state index contributed by atoms with van der Waals surface area (Å²) in [4.78, 5) is 12.6. The molecular formula is C72H139NO4. The summed E-state index contributed by atoms with van der Waals surface area (Å²) < 4.78 is 0. The average Bonchev–Trinajstić information content (AvgIpc) is 3.43. The van der Waals surface area contributed by atoms with Crippen molar-refractivity contribution in [3.8, 4) is 0 Å². The Morgan fingerprint density at radius 3 is 0.831 bits per heavy atom. The van der Waals surface area contributed by atoms with Gasteiger partial charge in [0.05, 0.1) is 31.3 Å². The van der Waals surface area contributed by atoms with Gasteiger partial charge in [0.1, 0.15) is 0 Å². The van der Waals surface area contributed by atoms with Gasteiger partial charge >= 0.3 is 0 Å². The zero-order chi connectivity index (χ0) is 55.7. The van der Waals surface area contributed by atoms with Crippen LogP contribution in [0, 0.1) is 0 Å². The summed E-state index contributed by atoms with van der Waals surface area (Å²) in [6, 6.07) is -0.762. The SMILES string of the molecule is CCCCCCCCCCCCCCCCCCCC/C=C\CCCCCCCCCCCCCCCCCC(O)CC(=O)NC(CO)C(O)/C=C/CC/C=C/CCCCCCCCCCCCCCCCCCCCC. The molecule has 0 saturated carbocycles. The second-order valence-corrected chi connectivity index (χ2v) is 24.5. The van der Waals surface area contributed by atoms with Gasteiger partial charge in [-0.05, 0) is 57.8 Å². The van der Waals surface area contributed by atoms with Crippen LogP contribution < -0.4 is 5.32 Å². The van der Waals surface area contributed by atoms with Gasteiger partial charge in [0, 0.05) is 0 Å². The van der Waals surface area contributed by atoms with Crippen molar-refractivity contribution in [3.63, 3.8) is 0 Å². The lowest BCUT2D eigenvalue weighted by atomic mass is 10.0. The number of hydrogen-bond donors (Lipinski definition) is 4. The Balaban J connectivity index is 3.50. The Kier molecular flexibility index (Phi) is 65.8. The normalized spacial score (nSPS) is 13.3.